The average Bonchev–Trinajstić information content (AvgIpc) is 2.15. The van der Waals surface area contributed by atoms with Crippen molar-refractivity contribution in [2.75, 3.05) is 33.0 Å². The van der Waals surface area contributed by atoms with Crippen LogP contribution in [-0.2, 0) is 14.2 Å². The summed E-state index contributed by atoms with van der Waals surface area (Å²) in [7, 11) is 0. The molecule has 84 valence electrons. The van der Waals surface area contributed by atoms with E-state index < -0.39 is 6.16 Å². The van der Waals surface area contributed by atoms with Gasteiger partial charge in [0.2, 0.25) is 0 Å². The second-order valence-corrected chi connectivity index (χ2v) is 2.68. The number of carbonyl (C=O) groups is 1. The van der Waals surface area contributed by atoms with Gasteiger partial charge < -0.3 is 24.1 Å². The summed E-state index contributed by atoms with van der Waals surface area (Å²) in [5, 5.41) is 9.79. The zero-order chi connectivity index (χ0) is 10.6. The molecule has 0 fully saturated rings. The molecule has 0 aliphatic carbocycles. The Morgan fingerprint density at radius 2 is 1.60 bits per heavy atom. The fraction of sp³-hybridized carbons (Fsp3) is 0.889. The maximum absolute atomic E-state index is 9.79. The Morgan fingerprint density at radius 3 is 2.13 bits per heavy atom. The third kappa shape index (κ3) is 17.4. The minimum Gasteiger partial charge on any atom is -0.547 e. The van der Waals surface area contributed by atoms with Gasteiger partial charge in [0.25, 0.3) is 6.16 Å². The topological polar surface area (TPSA) is 67.8 Å². The van der Waals surface area contributed by atoms with E-state index in [0.29, 0.717) is 13.2 Å². The minimum absolute atomic E-state index is 0. The van der Waals surface area contributed by atoms with E-state index in [1.807, 2.05) is 0 Å². The Labute approximate surface area is 133 Å². The Kier molecular flexibility index (Phi) is 18.0. The molecular formula is C9H17KO5. The van der Waals surface area contributed by atoms with Crippen LogP contribution in [-0.4, -0.2) is 39.2 Å². The second kappa shape index (κ2) is 14.8. The van der Waals surface area contributed by atoms with Crippen LogP contribution in [0.5, 0.6) is 0 Å². The number of hydrogen-bond acceptors (Lipinski definition) is 5. The van der Waals surface area contributed by atoms with Crippen molar-refractivity contribution in [1.82, 2.24) is 0 Å². The summed E-state index contributed by atoms with van der Waals surface area (Å²) >= 11 is 0. The van der Waals surface area contributed by atoms with E-state index >= 15 is 0 Å². The molecule has 0 aliphatic heterocycles. The van der Waals surface area contributed by atoms with Gasteiger partial charge in [-0.3, -0.25) is 0 Å². The fourth-order valence-electron chi connectivity index (χ4n) is 0.752. The Balaban J connectivity index is 0. The molecule has 6 heteroatoms. The van der Waals surface area contributed by atoms with Crippen LogP contribution in [0.4, 0.5) is 4.79 Å². The summed E-state index contributed by atoms with van der Waals surface area (Å²) < 4.78 is 14.4. The van der Waals surface area contributed by atoms with Crippen molar-refractivity contribution in [3.05, 3.63) is 0 Å². The van der Waals surface area contributed by atoms with Gasteiger partial charge in [-0.25, -0.2) is 0 Å². The molecule has 0 amide bonds. The summed E-state index contributed by atoms with van der Waals surface area (Å²) in [4.78, 5) is 9.79. The van der Waals surface area contributed by atoms with Gasteiger partial charge in [0.05, 0.1) is 26.4 Å². The van der Waals surface area contributed by atoms with Crippen LogP contribution in [0.15, 0.2) is 0 Å². The zero-order valence-electron chi connectivity index (χ0n) is 9.49. The van der Waals surface area contributed by atoms with Crippen LogP contribution in [0.2, 0.25) is 0 Å². The van der Waals surface area contributed by atoms with Gasteiger partial charge >= 0.3 is 51.4 Å². The predicted octanol–water partition coefficient (Wildman–Crippen LogP) is -2.82. The third-order valence-corrected chi connectivity index (χ3v) is 1.46. The van der Waals surface area contributed by atoms with Gasteiger partial charge in [-0.1, -0.05) is 13.3 Å². The number of hydrogen-bond donors (Lipinski definition) is 0. The summed E-state index contributed by atoms with van der Waals surface area (Å²) in [6.07, 6.45) is 0.640. The molecule has 0 N–H and O–H groups in total. The molecule has 0 saturated heterocycles. The first kappa shape index (κ1) is 18.2. The maximum Gasteiger partial charge on any atom is 1.00 e. The van der Waals surface area contributed by atoms with Crippen molar-refractivity contribution in [3.8, 4) is 0 Å². The van der Waals surface area contributed by atoms with Crippen LogP contribution in [0, 0.1) is 0 Å². The first-order chi connectivity index (χ1) is 6.77. The van der Waals surface area contributed by atoms with E-state index in [-0.39, 0.29) is 64.6 Å². The van der Waals surface area contributed by atoms with Crippen molar-refractivity contribution in [1.29, 1.82) is 0 Å². The average molecular weight is 244 g/mol. The van der Waals surface area contributed by atoms with Crippen LogP contribution < -0.4 is 56.5 Å². The number of carboxylic acid groups (broad SMARTS) is 1. The molecule has 0 rings (SSSR count). The molecule has 0 aromatic heterocycles. The van der Waals surface area contributed by atoms with E-state index in [1.165, 1.54) is 0 Å². The van der Waals surface area contributed by atoms with Crippen LogP contribution in [0.1, 0.15) is 19.8 Å². The van der Waals surface area contributed by atoms with Gasteiger partial charge in [-0.05, 0) is 6.42 Å². The summed E-state index contributed by atoms with van der Waals surface area (Å²) in [6.45, 7) is 4.08. The van der Waals surface area contributed by atoms with Gasteiger partial charge in [-0.15, -0.1) is 0 Å². The first-order valence-corrected chi connectivity index (χ1v) is 4.76. The van der Waals surface area contributed by atoms with E-state index in [2.05, 4.69) is 11.7 Å². The second-order valence-electron chi connectivity index (χ2n) is 2.68. The molecular weight excluding hydrogens is 227 g/mol. The van der Waals surface area contributed by atoms with Crippen molar-refractivity contribution >= 4 is 6.16 Å². The fourth-order valence-corrected chi connectivity index (χ4v) is 0.752. The molecule has 0 heterocycles. The largest absolute Gasteiger partial charge is 1.00 e. The smallest absolute Gasteiger partial charge is 0.547 e. The number of rotatable bonds is 9. The van der Waals surface area contributed by atoms with Crippen molar-refractivity contribution < 1.29 is 75.5 Å². The van der Waals surface area contributed by atoms with E-state index in [4.69, 9.17) is 9.47 Å². The molecule has 0 aromatic carbocycles. The monoisotopic (exact) mass is 244 g/mol. The maximum atomic E-state index is 9.79. The van der Waals surface area contributed by atoms with Crippen molar-refractivity contribution in [3.63, 3.8) is 0 Å². The molecule has 0 bridgehead atoms. The Morgan fingerprint density at radius 1 is 1.07 bits per heavy atom. The molecule has 0 atom stereocenters. The molecule has 0 aliphatic rings. The molecule has 0 radical (unpaired) electrons. The molecule has 15 heavy (non-hydrogen) atoms. The quantitative estimate of drug-likeness (QED) is 0.249. The molecule has 0 spiro atoms. The van der Waals surface area contributed by atoms with Crippen LogP contribution in [0.3, 0.4) is 0 Å². The molecule has 0 saturated carbocycles. The van der Waals surface area contributed by atoms with Crippen LogP contribution >= 0.6 is 0 Å². The van der Waals surface area contributed by atoms with Crippen molar-refractivity contribution in [2.24, 2.45) is 0 Å². The van der Waals surface area contributed by atoms with Gasteiger partial charge in [0, 0.05) is 6.61 Å². The standard InChI is InChI=1S/C9H18O5.K/c1-2-3-4-12-5-6-13-7-8-14-9(10)11;/h2-8H2,1H3,(H,10,11);/q;+1/p-1. The zero-order valence-corrected chi connectivity index (χ0v) is 12.6. The van der Waals surface area contributed by atoms with Gasteiger partial charge in [0.15, 0.2) is 0 Å². The van der Waals surface area contributed by atoms with Crippen LogP contribution in [0.25, 0.3) is 0 Å². The Bertz CT molecular complexity index is 142. The normalized spacial score (nSPS) is 9.40. The van der Waals surface area contributed by atoms with E-state index in [9.17, 15) is 9.90 Å². The first-order valence-electron chi connectivity index (χ1n) is 4.76. The number of carbonyl (C=O) groups excluding carboxylic acids is 1. The number of unbranched alkanes of at least 4 members (excludes halogenated alkanes) is 1. The summed E-state index contributed by atoms with van der Waals surface area (Å²) in [5.74, 6) is 0. The SMILES string of the molecule is CCCCOCCOCCOC(=O)[O-].[K+]. The predicted molar refractivity (Wildman–Crippen MR) is 47.9 cm³/mol. The molecule has 0 unspecified atom stereocenters. The van der Waals surface area contributed by atoms with E-state index in [0.717, 1.165) is 19.4 Å². The summed E-state index contributed by atoms with van der Waals surface area (Å²) in [6, 6.07) is 0. The Hall–Kier alpha value is 0.826. The van der Waals surface area contributed by atoms with Gasteiger partial charge in [0.1, 0.15) is 0 Å². The minimum atomic E-state index is -1.52. The van der Waals surface area contributed by atoms with Gasteiger partial charge in [-0.2, -0.15) is 0 Å². The summed E-state index contributed by atoms with van der Waals surface area (Å²) in [5.41, 5.74) is 0. The number of ether oxygens (including phenoxy) is 3. The molecule has 5 nitrogen and oxygen atoms in total. The van der Waals surface area contributed by atoms with E-state index in [1.54, 1.807) is 0 Å². The van der Waals surface area contributed by atoms with Crippen molar-refractivity contribution in [2.45, 2.75) is 19.8 Å². The molecule has 0 aromatic rings. The third-order valence-electron chi connectivity index (χ3n) is 1.46.